The van der Waals surface area contributed by atoms with Crippen molar-refractivity contribution in [1.29, 1.82) is 0 Å². The van der Waals surface area contributed by atoms with Gasteiger partial charge in [0.1, 0.15) is 5.82 Å². The molecule has 0 atom stereocenters. The third-order valence-electron chi connectivity index (χ3n) is 4.11. The molecule has 1 aliphatic heterocycles. The van der Waals surface area contributed by atoms with Gasteiger partial charge >= 0.3 is 6.03 Å². The molecule has 1 aliphatic rings. The molecular weight excluding hydrogens is 297 g/mol. The number of urea groups is 1. The van der Waals surface area contributed by atoms with Crippen molar-refractivity contribution in [2.75, 3.05) is 19.6 Å². The number of nitrogens with zero attached hydrogens (tertiary/aromatic N) is 1. The molecule has 0 spiro atoms. The summed E-state index contributed by atoms with van der Waals surface area (Å²) >= 11 is 0. The Balaban J connectivity index is 1.68. The third-order valence-corrected chi connectivity index (χ3v) is 4.11. The molecule has 5 nitrogen and oxygen atoms in total. The van der Waals surface area contributed by atoms with E-state index < -0.39 is 0 Å². The molecule has 0 aliphatic carbocycles. The number of piperidine rings is 1. The Kier molecular flexibility index (Phi) is 6.38. The molecule has 0 radical (unpaired) electrons. The van der Waals surface area contributed by atoms with Gasteiger partial charge in [0, 0.05) is 32.6 Å². The molecule has 1 saturated heterocycles. The first-order valence-corrected chi connectivity index (χ1v) is 8.12. The Morgan fingerprint density at radius 2 is 1.83 bits per heavy atom. The van der Waals surface area contributed by atoms with Crippen molar-refractivity contribution in [2.24, 2.45) is 5.92 Å². The molecule has 6 heteroatoms. The van der Waals surface area contributed by atoms with E-state index in [9.17, 15) is 14.0 Å². The van der Waals surface area contributed by atoms with Crippen LogP contribution in [0.4, 0.5) is 9.18 Å². The van der Waals surface area contributed by atoms with Crippen LogP contribution in [0.25, 0.3) is 0 Å². The van der Waals surface area contributed by atoms with Gasteiger partial charge < -0.3 is 15.5 Å². The zero-order valence-electron chi connectivity index (χ0n) is 13.5. The highest BCUT2D eigenvalue weighted by Gasteiger charge is 2.23. The normalized spacial score (nSPS) is 15.3. The number of amides is 3. The minimum atomic E-state index is -0.279. The van der Waals surface area contributed by atoms with Crippen LogP contribution in [-0.4, -0.2) is 36.5 Å². The summed E-state index contributed by atoms with van der Waals surface area (Å²) in [5.74, 6) is 0.0404. The van der Waals surface area contributed by atoms with Crippen LogP contribution in [0.5, 0.6) is 0 Å². The van der Waals surface area contributed by atoms with E-state index in [1.165, 1.54) is 12.1 Å². The van der Waals surface area contributed by atoms with Gasteiger partial charge in [-0.3, -0.25) is 4.79 Å². The smallest absolute Gasteiger partial charge is 0.317 e. The number of rotatable bonds is 5. The fraction of sp³-hybridized carbons (Fsp3) is 0.529. The molecule has 2 N–H and O–H groups in total. The highest BCUT2D eigenvalue weighted by atomic mass is 19.1. The van der Waals surface area contributed by atoms with E-state index in [1.54, 1.807) is 17.0 Å². The number of carbonyl (C=O) groups excluding carboxylic acids is 2. The molecule has 0 saturated carbocycles. The zero-order valence-corrected chi connectivity index (χ0v) is 13.5. The van der Waals surface area contributed by atoms with Crippen LogP contribution < -0.4 is 10.6 Å². The maximum atomic E-state index is 12.8. The molecule has 1 fully saturated rings. The van der Waals surface area contributed by atoms with E-state index in [1.807, 2.05) is 6.92 Å². The van der Waals surface area contributed by atoms with E-state index in [4.69, 9.17) is 0 Å². The summed E-state index contributed by atoms with van der Waals surface area (Å²) in [5, 5.41) is 5.66. The number of halogens is 1. The van der Waals surface area contributed by atoms with Gasteiger partial charge in [-0.1, -0.05) is 12.1 Å². The highest BCUT2D eigenvalue weighted by molar-refractivity contribution is 5.76. The maximum Gasteiger partial charge on any atom is 0.317 e. The largest absolute Gasteiger partial charge is 0.352 e. The average molecular weight is 321 g/mol. The molecule has 1 aromatic carbocycles. The monoisotopic (exact) mass is 321 g/mol. The minimum absolute atomic E-state index is 0.00536. The van der Waals surface area contributed by atoms with Gasteiger partial charge in [0.05, 0.1) is 0 Å². The SMILES string of the molecule is CCNC(=O)N1CCC(CC(=O)NCc2ccc(F)cc2)CC1. The number of hydrogen-bond donors (Lipinski definition) is 2. The van der Waals surface area contributed by atoms with Crippen LogP contribution in [0.1, 0.15) is 31.7 Å². The first kappa shape index (κ1) is 17.2. The lowest BCUT2D eigenvalue weighted by molar-refractivity contribution is -0.122. The van der Waals surface area contributed by atoms with Crippen molar-refractivity contribution >= 4 is 11.9 Å². The maximum absolute atomic E-state index is 12.8. The molecule has 126 valence electrons. The number of carbonyl (C=O) groups is 2. The van der Waals surface area contributed by atoms with Crippen molar-refractivity contribution < 1.29 is 14.0 Å². The summed E-state index contributed by atoms with van der Waals surface area (Å²) in [5.41, 5.74) is 0.880. The van der Waals surface area contributed by atoms with Gasteiger partial charge in [0.2, 0.25) is 5.91 Å². The quantitative estimate of drug-likeness (QED) is 0.874. The van der Waals surface area contributed by atoms with Crippen molar-refractivity contribution in [3.63, 3.8) is 0 Å². The topological polar surface area (TPSA) is 61.4 Å². The molecular formula is C17H24FN3O2. The lowest BCUT2D eigenvalue weighted by atomic mass is 9.93. The van der Waals surface area contributed by atoms with Crippen LogP contribution in [0.3, 0.4) is 0 Å². The van der Waals surface area contributed by atoms with E-state index >= 15 is 0 Å². The van der Waals surface area contributed by atoms with Crippen molar-refractivity contribution in [2.45, 2.75) is 32.7 Å². The molecule has 0 aromatic heterocycles. The number of likely N-dealkylation sites (tertiary alicyclic amines) is 1. The van der Waals surface area contributed by atoms with Gasteiger partial charge in [-0.2, -0.15) is 0 Å². The summed E-state index contributed by atoms with van der Waals surface area (Å²) < 4.78 is 12.8. The second-order valence-corrected chi connectivity index (χ2v) is 5.87. The van der Waals surface area contributed by atoms with Gasteiger partial charge in [-0.25, -0.2) is 9.18 Å². The lowest BCUT2D eigenvalue weighted by Crippen LogP contribution is -2.44. The lowest BCUT2D eigenvalue weighted by Gasteiger charge is -2.31. The summed E-state index contributed by atoms with van der Waals surface area (Å²) in [6, 6.07) is 6.09. The zero-order chi connectivity index (χ0) is 16.7. The Morgan fingerprint density at radius 1 is 1.17 bits per heavy atom. The first-order valence-electron chi connectivity index (χ1n) is 8.12. The number of benzene rings is 1. The molecule has 0 unspecified atom stereocenters. The van der Waals surface area contributed by atoms with E-state index in [2.05, 4.69) is 10.6 Å². The number of nitrogens with one attached hydrogen (secondary N) is 2. The average Bonchev–Trinajstić information content (AvgIpc) is 2.55. The van der Waals surface area contributed by atoms with Crippen LogP contribution >= 0.6 is 0 Å². The molecule has 1 aromatic rings. The molecule has 3 amide bonds. The molecule has 2 rings (SSSR count). The highest BCUT2D eigenvalue weighted by Crippen LogP contribution is 2.20. The fourth-order valence-corrected chi connectivity index (χ4v) is 2.74. The van der Waals surface area contributed by atoms with Crippen LogP contribution in [0, 0.1) is 11.7 Å². The second-order valence-electron chi connectivity index (χ2n) is 5.87. The Hall–Kier alpha value is -2.11. The van der Waals surface area contributed by atoms with E-state index in [0.717, 1.165) is 18.4 Å². The van der Waals surface area contributed by atoms with Gasteiger partial charge in [-0.05, 0) is 43.4 Å². The standard InChI is InChI=1S/C17H24FN3O2/c1-2-19-17(23)21-9-7-13(8-10-21)11-16(22)20-12-14-3-5-15(18)6-4-14/h3-6,13H,2,7-12H2,1H3,(H,19,23)(H,20,22). The van der Waals surface area contributed by atoms with Crippen molar-refractivity contribution in [1.82, 2.24) is 15.5 Å². The minimum Gasteiger partial charge on any atom is -0.352 e. The van der Waals surface area contributed by atoms with E-state index in [0.29, 0.717) is 38.5 Å². The summed E-state index contributed by atoms with van der Waals surface area (Å²) in [6.07, 6.45) is 2.17. The first-order chi connectivity index (χ1) is 11.1. The predicted molar refractivity (Wildman–Crippen MR) is 86.2 cm³/mol. The molecule has 0 bridgehead atoms. The van der Waals surface area contributed by atoms with E-state index in [-0.39, 0.29) is 17.8 Å². The molecule has 1 heterocycles. The Bertz CT molecular complexity index is 525. The number of hydrogen-bond acceptors (Lipinski definition) is 2. The third kappa shape index (κ3) is 5.54. The van der Waals surface area contributed by atoms with Crippen LogP contribution in [0.2, 0.25) is 0 Å². The van der Waals surface area contributed by atoms with Gasteiger partial charge in [-0.15, -0.1) is 0 Å². The van der Waals surface area contributed by atoms with Crippen molar-refractivity contribution in [3.8, 4) is 0 Å². The summed E-state index contributed by atoms with van der Waals surface area (Å²) in [6.45, 7) is 4.33. The van der Waals surface area contributed by atoms with Gasteiger partial charge in [0.25, 0.3) is 0 Å². The van der Waals surface area contributed by atoms with Crippen LogP contribution in [-0.2, 0) is 11.3 Å². The summed E-state index contributed by atoms with van der Waals surface area (Å²) in [7, 11) is 0. The summed E-state index contributed by atoms with van der Waals surface area (Å²) in [4.78, 5) is 25.5. The Morgan fingerprint density at radius 3 is 2.43 bits per heavy atom. The predicted octanol–water partition coefficient (Wildman–Crippen LogP) is 2.27. The van der Waals surface area contributed by atoms with Gasteiger partial charge in [0.15, 0.2) is 0 Å². The van der Waals surface area contributed by atoms with Crippen LogP contribution in [0.15, 0.2) is 24.3 Å². The fourth-order valence-electron chi connectivity index (χ4n) is 2.74. The van der Waals surface area contributed by atoms with Crippen molar-refractivity contribution in [3.05, 3.63) is 35.6 Å². The second kappa shape index (κ2) is 8.50. The Labute approximate surface area is 136 Å². The molecule has 23 heavy (non-hydrogen) atoms.